The second-order valence-corrected chi connectivity index (χ2v) is 16.4. The Bertz CT molecular complexity index is 1860. The molecule has 1 heterocycles. The summed E-state index contributed by atoms with van der Waals surface area (Å²) >= 11 is 12.6. The van der Waals surface area contributed by atoms with Gasteiger partial charge in [-0.2, -0.15) is 0 Å². The Balaban J connectivity index is 1.65. The molecule has 47 heavy (non-hydrogen) atoms. The number of carbonyl (C=O) groups is 2. The molecule has 1 saturated heterocycles. The van der Waals surface area contributed by atoms with Crippen LogP contribution in [0.2, 0.25) is 10.0 Å². The number of morpholine rings is 1. The molecule has 10 nitrogen and oxygen atoms in total. The maximum Gasteiger partial charge on any atom is 0.253 e. The van der Waals surface area contributed by atoms with E-state index in [4.69, 9.17) is 27.9 Å². The third kappa shape index (κ3) is 8.09. The monoisotopic (exact) mass is 725 g/mol. The number of ether oxygens (including phenoxy) is 1. The minimum Gasteiger partial charge on any atom is -0.357 e. The van der Waals surface area contributed by atoms with Gasteiger partial charge in [0.15, 0.2) is 0 Å². The van der Waals surface area contributed by atoms with Crippen LogP contribution in [-0.2, 0) is 34.4 Å². The molecule has 2 fully saturated rings. The number of hydrogen-bond donors (Lipinski definition) is 1. The van der Waals surface area contributed by atoms with Crippen molar-refractivity contribution >= 4 is 60.8 Å². The average Bonchev–Trinajstić information content (AvgIpc) is 3.86. The molecule has 0 bridgehead atoms. The summed E-state index contributed by atoms with van der Waals surface area (Å²) in [5.41, 5.74) is 1.000. The summed E-state index contributed by atoms with van der Waals surface area (Å²) in [6.07, 6.45) is -1.13. The quantitative estimate of drug-likeness (QED) is 0.265. The van der Waals surface area contributed by atoms with E-state index in [1.54, 1.807) is 55.5 Å². The van der Waals surface area contributed by atoms with Crippen LogP contribution in [0.1, 0.15) is 55.9 Å². The van der Waals surface area contributed by atoms with Crippen molar-refractivity contribution in [2.75, 3.05) is 17.1 Å². The van der Waals surface area contributed by atoms with E-state index < -0.39 is 73.6 Å². The van der Waals surface area contributed by atoms with Gasteiger partial charge in [0.25, 0.3) is 5.91 Å². The maximum atomic E-state index is 15.2. The highest BCUT2D eigenvalue weighted by Crippen LogP contribution is 2.45. The zero-order valence-corrected chi connectivity index (χ0v) is 28.7. The fourth-order valence-electron chi connectivity index (χ4n) is 5.80. The first kappa shape index (κ1) is 35.1. The van der Waals surface area contributed by atoms with Crippen LogP contribution in [0, 0.1) is 5.82 Å². The molecule has 1 saturated carbocycles. The second-order valence-electron chi connectivity index (χ2n) is 11.6. The Morgan fingerprint density at radius 1 is 1.00 bits per heavy atom. The lowest BCUT2D eigenvalue weighted by molar-refractivity contribution is -0.181. The molecule has 1 aliphatic heterocycles. The van der Waals surface area contributed by atoms with Crippen molar-refractivity contribution in [2.45, 2.75) is 62.1 Å². The third-order valence-corrected chi connectivity index (χ3v) is 11.5. The fraction of sp³-hybridized carbons (Fsp3) is 0.375. The Hall–Kier alpha value is -3.23. The molecule has 3 aromatic rings. The van der Waals surface area contributed by atoms with E-state index in [0.29, 0.717) is 34.0 Å². The molecule has 3 aromatic carbocycles. The number of sulfonamides is 2. The number of para-hydroxylation sites is 1. The maximum absolute atomic E-state index is 15.2. The Labute approximate surface area is 283 Å². The van der Waals surface area contributed by atoms with Gasteiger partial charge in [0.2, 0.25) is 26.0 Å². The van der Waals surface area contributed by atoms with Crippen molar-refractivity contribution in [3.05, 3.63) is 99.8 Å². The number of nitrogens with one attached hydrogen (secondary N) is 1. The normalized spacial score (nSPS) is 20.9. The minimum absolute atomic E-state index is 0.142. The second kappa shape index (κ2) is 14.1. The molecule has 4 unspecified atom stereocenters. The van der Waals surface area contributed by atoms with Gasteiger partial charge in [-0.3, -0.25) is 18.6 Å². The zero-order chi connectivity index (χ0) is 34.1. The molecular formula is C32H34Cl2FN3O7S2. The Morgan fingerprint density at radius 3 is 2.28 bits per heavy atom. The van der Waals surface area contributed by atoms with E-state index >= 15 is 4.39 Å². The number of halogens is 3. The number of anilines is 1. The molecule has 2 amide bonds. The van der Waals surface area contributed by atoms with Crippen molar-refractivity contribution in [3.63, 3.8) is 0 Å². The highest BCUT2D eigenvalue weighted by Gasteiger charge is 2.49. The summed E-state index contributed by atoms with van der Waals surface area (Å²) in [4.78, 5) is 28.8. The molecule has 5 rings (SSSR count). The Morgan fingerprint density at radius 2 is 1.68 bits per heavy atom. The molecule has 1 N–H and O–H groups in total. The van der Waals surface area contributed by atoms with Gasteiger partial charge in [-0.15, -0.1) is 0 Å². The average molecular weight is 727 g/mol. The summed E-state index contributed by atoms with van der Waals surface area (Å²) in [6.45, 7) is 1.48. The lowest BCUT2D eigenvalue weighted by Gasteiger charge is -2.49. The van der Waals surface area contributed by atoms with Crippen LogP contribution in [0.25, 0.3) is 0 Å². The van der Waals surface area contributed by atoms with Gasteiger partial charge in [0.05, 0.1) is 42.2 Å². The predicted molar refractivity (Wildman–Crippen MR) is 177 cm³/mol. The number of nitrogens with zero attached hydrogens (tertiary/aromatic N) is 2. The molecular weight excluding hydrogens is 692 g/mol. The van der Waals surface area contributed by atoms with Gasteiger partial charge in [0, 0.05) is 10.0 Å². The number of carbonyl (C=O) groups excluding carboxylic acids is 2. The molecule has 0 spiro atoms. The first-order valence-electron chi connectivity index (χ1n) is 14.9. The van der Waals surface area contributed by atoms with Gasteiger partial charge < -0.3 is 9.64 Å². The predicted octanol–water partition coefficient (Wildman–Crippen LogP) is 5.39. The van der Waals surface area contributed by atoms with E-state index in [9.17, 15) is 26.4 Å². The van der Waals surface area contributed by atoms with Crippen molar-refractivity contribution in [1.82, 2.24) is 9.62 Å². The van der Waals surface area contributed by atoms with Crippen LogP contribution in [0.15, 0.2) is 72.8 Å². The standard InChI is InChI=1S/C32H34Cl2FN3O7S2/c1-3-24(19-37(47(43,44)25-15-16-25)27-10-5-4-9-26(27)35)38-30(20-11-13-22(33)14-12-20)31(21-7-6-8-23(34)17-21)45-28(32(38)40)18-29(39)36-46(2,41)42/h4-14,17,24-25,28,30-31H,3,15-16,18-19H2,1-2H3,(H,36,39). The summed E-state index contributed by atoms with van der Waals surface area (Å²) < 4.78 is 75.8. The lowest BCUT2D eigenvalue weighted by atomic mass is 9.89. The van der Waals surface area contributed by atoms with Gasteiger partial charge in [-0.25, -0.2) is 21.2 Å². The first-order chi connectivity index (χ1) is 22.2. The summed E-state index contributed by atoms with van der Waals surface area (Å²) in [7, 11) is -7.96. The molecule has 2 aliphatic rings. The highest BCUT2D eigenvalue weighted by molar-refractivity contribution is 7.93. The number of hydrogen-bond acceptors (Lipinski definition) is 7. The van der Waals surface area contributed by atoms with Crippen molar-refractivity contribution < 1.29 is 35.6 Å². The van der Waals surface area contributed by atoms with E-state index in [-0.39, 0.29) is 18.7 Å². The zero-order valence-electron chi connectivity index (χ0n) is 25.6. The van der Waals surface area contributed by atoms with Gasteiger partial charge in [-0.05, 0) is 66.8 Å². The van der Waals surface area contributed by atoms with Crippen LogP contribution in [0.3, 0.4) is 0 Å². The van der Waals surface area contributed by atoms with Gasteiger partial charge in [-0.1, -0.05) is 66.5 Å². The van der Waals surface area contributed by atoms with Crippen molar-refractivity contribution in [1.29, 1.82) is 0 Å². The van der Waals surface area contributed by atoms with Crippen LogP contribution in [-0.4, -0.2) is 63.7 Å². The topological polar surface area (TPSA) is 130 Å². The smallest absolute Gasteiger partial charge is 0.253 e. The SMILES string of the molecule is CCC(CN(c1ccccc1F)S(=O)(=O)C1CC1)N1C(=O)C(CC(=O)NS(C)(=O)=O)OC(c2cccc(Cl)c2)C1c1ccc(Cl)cc1. The number of rotatable bonds is 12. The summed E-state index contributed by atoms with van der Waals surface area (Å²) in [5, 5.41) is 0.133. The van der Waals surface area contributed by atoms with E-state index in [1.807, 2.05) is 4.72 Å². The van der Waals surface area contributed by atoms with Crippen LogP contribution >= 0.6 is 23.2 Å². The molecule has 0 radical (unpaired) electrons. The van der Waals surface area contributed by atoms with Crippen LogP contribution in [0.4, 0.5) is 10.1 Å². The lowest BCUT2D eigenvalue weighted by Crippen LogP contribution is -2.58. The molecule has 15 heteroatoms. The van der Waals surface area contributed by atoms with E-state index in [1.165, 1.54) is 29.2 Å². The van der Waals surface area contributed by atoms with E-state index in [2.05, 4.69) is 0 Å². The van der Waals surface area contributed by atoms with Crippen molar-refractivity contribution in [3.8, 4) is 0 Å². The minimum atomic E-state index is -4.02. The van der Waals surface area contributed by atoms with Crippen LogP contribution in [0.5, 0.6) is 0 Å². The van der Waals surface area contributed by atoms with E-state index in [0.717, 1.165) is 10.6 Å². The molecule has 4 atom stereocenters. The first-order valence-corrected chi connectivity index (χ1v) is 19.1. The number of benzene rings is 3. The fourth-order valence-corrected chi connectivity index (χ4v) is 8.52. The highest BCUT2D eigenvalue weighted by atomic mass is 35.5. The molecule has 1 aliphatic carbocycles. The van der Waals surface area contributed by atoms with Crippen molar-refractivity contribution in [2.24, 2.45) is 0 Å². The van der Waals surface area contributed by atoms with Crippen LogP contribution < -0.4 is 9.03 Å². The summed E-state index contributed by atoms with van der Waals surface area (Å²) in [5.74, 6) is -2.37. The molecule has 252 valence electrons. The number of amides is 2. The largest absolute Gasteiger partial charge is 0.357 e. The third-order valence-electron chi connectivity index (χ3n) is 8.10. The Kier molecular flexibility index (Phi) is 10.5. The summed E-state index contributed by atoms with van der Waals surface area (Å²) in [6, 6.07) is 17.3. The van der Waals surface area contributed by atoms with Gasteiger partial charge in [0.1, 0.15) is 18.0 Å². The molecule has 0 aromatic heterocycles. The van der Waals surface area contributed by atoms with Gasteiger partial charge >= 0.3 is 0 Å².